The predicted octanol–water partition coefficient (Wildman–Crippen LogP) is 4.39. The van der Waals surface area contributed by atoms with Gasteiger partial charge in [-0.25, -0.2) is 23.1 Å². The highest BCUT2D eigenvalue weighted by Gasteiger charge is 2.15. The summed E-state index contributed by atoms with van der Waals surface area (Å²) in [6.07, 6.45) is 2.88. The van der Waals surface area contributed by atoms with Crippen LogP contribution in [0.3, 0.4) is 0 Å². The zero-order valence-corrected chi connectivity index (χ0v) is 17.2. The van der Waals surface area contributed by atoms with Crippen LogP contribution in [-0.2, 0) is 10.0 Å². The molecule has 0 amide bonds. The van der Waals surface area contributed by atoms with Crippen molar-refractivity contribution in [2.24, 2.45) is 0 Å². The molecule has 1 aromatic heterocycles. The number of halogens is 2. The maximum atomic E-state index is 12.4. The van der Waals surface area contributed by atoms with E-state index in [2.05, 4.69) is 25.3 Å². The van der Waals surface area contributed by atoms with E-state index in [1.807, 2.05) is 0 Å². The van der Waals surface area contributed by atoms with Crippen LogP contribution in [0.1, 0.15) is 0 Å². The Bertz CT molecular complexity index is 1090. The highest BCUT2D eigenvalue weighted by molar-refractivity contribution is 7.92. The molecule has 28 heavy (non-hydrogen) atoms. The Morgan fingerprint density at radius 1 is 0.929 bits per heavy atom. The molecule has 3 N–H and O–H groups in total. The fourth-order valence-corrected chi connectivity index (χ4v) is 3.67. The van der Waals surface area contributed by atoms with Crippen LogP contribution in [-0.4, -0.2) is 23.5 Å². The minimum atomic E-state index is -3.80. The average molecular weight is 454 g/mol. The van der Waals surface area contributed by atoms with Gasteiger partial charge in [0.2, 0.25) is 5.95 Å². The normalized spacial score (nSPS) is 10.9. The van der Waals surface area contributed by atoms with Crippen LogP contribution in [0.5, 0.6) is 0 Å². The number of nitrogens with one attached hydrogen (secondary N) is 3. The molecule has 2 aromatic carbocycles. The number of hydrogen-bond donors (Lipinski definition) is 3. The second kappa shape index (κ2) is 8.70. The summed E-state index contributed by atoms with van der Waals surface area (Å²) in [4.78, 5) is 7.74. The Hall–Kier alpha value is -2.46. The number of benzene rings is 2. The summed E-state index contributed by atoms with van der Waals surface area (Å²) < 4.78 is 27.0. The van der Waals surface area contributed by atoms with Crippen LogP contribution in [0.25, 0.3) is 0 Å². The fraction of sp³-hybridized carbons (Fsp3) is 0. The minimum Gasteiger partial charge on any atom is -0.332 e. The maximum absolute atomic E-state index is 12.4. The summed E-state index contributed by atoms with van der Waals surface area (Å²) in [5.41, 5.74) is 1.14. The van der Waals surface area contributed by atoms with E-state index in [9.17, 15) is 8.42 Å². The van der Waals surface area contributed by atoms with E-state index < -0.39 is 10.0 Å². The van der Waals surface area contributed by atoms with Crippen LogP contribution in [0.4, 0.5) is 17.3 Å². The van der Waals surface area contributed by atoms with E-state index in [4.69, 9.17) is 35.4 Å². The molecule has 0 aliphatic rings. The minimum absolute atomic E-state index is 0.00604. The van der Waals surface area contributed by atoms with Gasteiger partial charge < -0.3 is 10.6 Å². The van der Waals surface area contributed by atoms with E-state index in [1.165, 1.54) is 24.5 Å². The maximum Gasteiger partial charge on any atom is 0.264 e. The molecule has 3 aromatic rings. The molecule has 0 bridgehead atoms. The molecule has 0 radical (unpaired) electrons. The second-order valence-corrected chi connectivity index (χ2v) is 8.26. The molecule has 0 saturated carbocycles. The molecule has 0 unspecified atom stereocenters. The van der Waals surface area contributed by atoms with Crippen LogP contribution in [0.2, 0.25) is 10.0 Å². The third kappa shape index (κ3) is 5.08. The van der Waals surface area contributed by atoms with Crippen LogP contribution in [0.15, 0.2) is 65.8 Å². The molecule has 0 spiro atoms. The Morgan fingerprint density at radius 2 is 1.61 bits per heavy atom. The first kappa shape index (κ1) is 20.3. The molecule has 144 valence electrons. The van der Waals surface area contributed by atoms with Crippen LogP contribution in [0, 0.1) is 0 Å². The molecule has 0 saturated heterocycles. The Balaban J connectivity index is 1.67. The second-order valence-electron chi connectivity index (χ2n) is 5.38. The Labute approximate surface area is 177 Å². The number of anilines is 3. The highest BCUT2D eigenvalue weighted by atomic mass is 35.5. The summed E-state index contributed by atoms with van der Waals surface area (Å²) in [6, 6.07) is 12.7. The van der Waals surface area contributed by atoms with Gasteiger partial charge in [-0.2, -0.15) is 0 Å². The molecule has 11 heteroatoms. The zero-order chi connectivity index (χ0) is 20.1. The molecule has 7 nitrogen and oxygen atoms in total. The lowest BCUT2D eigenvalue weighted by molar-refractivity contribution is 0.601. The van der Waals surface area contributed by atoms with Gasteiger partial charge in [-0.3, -0.25) is 0 Å². The van der Waals surface area contributed by atoms with Crippen molar-refractivity contribution in [3.8, 4) is 0 Å². The number of nitrogens with zero attached hydrogens (tertiary/aromatic N) is 2. The zero-order valence-electron chi connectivity index (χ0n) is 14.1. The fourth-order valence-electron chi connectivity index (χ4n) is 2.13. The summed E-state index contributed by atoms with van der Waals surface area (Å²) in [5, 5.41) is 6.90. The molecular weight excluding hydrogens is 441 g/mol. The Morgan fingerprint density at radius 3 is 2.29 bits per heavy atom. The van der Waals surface area contributed by atoms with Crippen molar-refractivity contribution in [1.29, 1.82) is 0 Å². The van der Waals surface area contributed by atoms with Crippen molar-refractivity contribution in [2.75, 3.05) is 15.4 Å². The van der Waals surface area contributed by atoms with E-state index in [0.29, 0.717) is 21.4 Å². The van der Waals surface area contributed by atoms with Gasteiger partial charge in [0, 0.05) is 18.1 Å². The first-order chi connectivity index (χ1) is 13.3. The van der Waals surface area contributed by atoms with Gasteiger partial charge >= 0.3 is 0 Å². The van der Waals surface area contributed by atoms with Gasteiger partial charge in [0.1, 0.15) is 0 Å². The average Bonchev–Trinajstić information content (AvgIpc) is 2.66. The van der Waals surface area contributed by atoms with Gasteiger partial charge in [-0.05, 0) is 54.7 Å². The number of aromatic nitrogens is 2. The molecule has 0 atom stereocenters. The van der Waals surface area contributed by atoms with Gasteiger partial charge in [-0.15, -0.1) is 0 Å². The number of sulfonamides is 1. The number of hydrogen-bond acceptors (Lipinski definition) is 5. The van der Waals surface area contributed by atoms with Gasteiger partial charge in [0.05, 0.1) is 20.6 Å². The summed E-state index contributed by atoms with van der Waals surface area (Å²) >= 11 is 17.3. The van der Waals surface area contributed by atoms with Crippen molar-refractivity contribution < 1.29 is 8.42 Å². The lowest BCUT2D eigenvalue weighted by Gasteiger charge is -2.13. The third-order valence-electron chi connectivity index (χ3n) is 3.41. The van der Waals surface area contributed by atoms with Crippen molar-refractivity contribution in [1.82, 2.24) is 9.97 Å². The quantitative estimate of drug-likeness (QED) is 0.492. The molecule has 0 fully saturated rings. The van der Waals surface area contributed by atoms with E-state index >= 15 is 0 Å². The van der Waals surface area contributed by atoms with Gasteiger partial charge in [-0.1, -0.05) is 29.3 Å². The summed E-state index contributed by atoms with van der Waals surface area (Å²) in [5.74, 6) is -0.00604. The van der Waals surface area contributed by atoms with Gasteiger partial charge in [0.25, 0.3) is 10.0 Å². The van der Waals surface area contributed by atoms with Crippen LogP contribution < -0.4 is 15.4 Å². The standard InChI is InChI=1S/C17H13Cl2N5O2S2/c18-13-3-1-4-14(15(13)19)23-17(27)22-11-5-7-12(8-6-11)28(25,26)24-16-20-9-2-10-21-16/h1-10H,(H,20,21,24)(H2,22,23,27). The Kier molecular flexibility index (Phi) is 6.30. The molecule has 3 rings (SSSR count). The first-order valence-corrected chi connectivity index (χ1v) is 10.4. The predicted molar refractivity (Wildman–Crippen MR) is 116 cm³/mol. The SMILES string of the molecule is O=S(=O)(Nc1ncccn1)c1ccc(NC(=S)Nc2cccc(Cl)c2Cl)cc1. The molecule has 0 aliphatic heterocycles. The van der Waals surface area contributed by atoms with Crippen molar-refractivity contribution in [3.63, 3.8) is 0 Å². The van der Waals surface area contributed by atoms with Crippen LogP contribution >= 0.6 is 35.4 Å². The van der Waals surface area contributed by atoms with E-state index in [0.717, 1.165) is 0 Å². The lowest BCUT2D eigenvalue weighted by atomic mass is 10.3. The molecular formula is C17H13Cl2N5O2S2. The van der Waals surface area contributed by atoms with Crippen molar-refractivity contribution in [3.05, 3.63) is 71.0 Å². The summed E-state index contributed by atoms with van der Waals surface area (Å²) in [6.45, 7) is 0. The number of thiocarbonyl (C=S) groups is 1. The van der Waals surface area contributed by atoms with Crippen molar-refractivity contribution >= 4 is 67.9 Å². The molecule has 1 heterocycles. The van der Waals surface area contributed by atoms with E-state index in [1.54, 1.807) is 36.4 Å². The van der Waals surface area contributed by atoms with E-state index in [-0.39, 0.29) is 16.0 Å². The van der Waals surface area contributed by atoms with Gasteiger partial charge in [0.15, 0.2) is 5.11 Å². The summed E-state index contributed by atoms with van der Waals surface area (Å²) in [7, 11) is -3.80. The third-order valence-corrected chi connectivity index (χ3v) is 5.78. The number of rotatable bonds is 5. The highest BCUT2D eigenvalue weighted by Crippen LogP contribution is 2.29. The monoisotopic (exact) mass is 453 g/mol. The molecule has 0 aliphatic carbocycles. The smallest absolute Gasteiger partial charge is 0.264 e. The largest absolute Gasteiger partial charge is 0.332 e. The van der Waals surface area contributed by atoms with Crippen molar-refractivity contribution in [2.45, 2.75) is 4.90 Å². The lowest BCUT2D eigenvalue weighted by Crippen LogP contribution is -2.19. The topological polar surface area (TPSA) is 96.0 Å². The first-order valence-electron chi connectivity index (χ1n) is 7.77.